The minimum Gasteiger partial charge on any atom is -0.393 e. The van der Waals surface area contributed by atoms with Gasteiger partial charge in [0.25, 0.3) is 11.8 Å². The molecule has 0 radical (unpaired) electrons. The van der Waals surface area contributed by atoms with Crippen LogP contribution in [0.4, 0.5) is 20.3 Å². The Morgan fingerprint density at radius 3 is 2.32 bits per heavy atom. The third kappa shape index (κ3) is 7.15. The van der Waals surface area contributed by atoms with Crippen molar-refractivity contribution in [3.63, 3.8) is 0 Å². The number of piperidine rings is 2. The van der Waals surface area contributed by atoms with E-state index in [-0.39, 0.29) is 29.9 Å². The molecule has 0 spiro atoms. The Bertz CT molecular complexity index is 918. The summed E-state index contributed by atoms with van der Waals surface area (Å²) >= 11 is 0. The van der Waals surface area contributed by atoms with Crippen LogP contribution in [-0.4, -0.2) is 64.5 Å². The molecule has 2 aliphatic heterocycles. The fourth-order valence-corrected chi connectivity index (χ4v) is 3.79. The maximum atomic E-state index is 14.1. The van der Waals surface area contributed by atoms with Crippen LogP contribution in [0.25, 0.3) is 0 Å². The van der Waals surface area contributed by atoms with Crippen LogP contribution in [0.1, 0.15) is 54.9 Å². The van der Waals surface area contributed by atoms with Crippen molar-refractivity contribution in [2.45, 2.75) is 57.2 Å². The predicted octanol–water partition coefficient (Wildman–Crippen LogP) is 2.92. The smallest absolute Gasteiger partial charge is 0.274 e. The molecule has 0 bridgehead atoms. The molecule has 10 heteroatoms. The minimum atomic E-state index is -3.03. The average Bonchev–Trinajstić information content (AvgIpc) is 2.86. The first-order valence-corrected chi connectivity index (χ1v) is 11.7. The Balaban J connectivity index is 0.000000396. The Morgan fingerprint density at radius 2 is 1.76 bits per heavy atom. The second kappa shape index (κ2) is 12.1. The summed E-state index contributed by atoms with van der Waals surface area (Å²) < 4.78 is 28.3. The molecular formula is C24H33F2N5O3. The number of amides is 1. The molecule has 2 aromatic heterocycles. The number of carbonyl (C=O) groups excluding carboxylic acids is 1. The zero-order valence-electron chi connectivity index (χ0n) is 19.4. The van der Waals surface area contributed by atoms with Gasteiger partial charge in [-0.3, -0.25) is 9.78 Å². The molecule has 34 heavy (non-hydrogen) atoms. The summed E-state index contributed by atoms with van der Waals surface area (Å²) in [7, 11) is 0. The third-order valence-electron chi connectivity index (χ3n) is 6.00. The molecule has 0 unspecified atom stereocenters. The van der Waals surface area contributed by atoms with Crippen LogP contribution in [-0.2, 0) is 5.92 Å². The normalized spacial score (nSPS) is 17.6. The lowest BCUT2D eigenvalue weighted by Gasteiger charge is -2.32. The number of aliphatic hydroxyl groups excluding tert-OH is 2. The van der Waals surface area contributed by atoms with Gasteiger partial charge in [-0.1, -0.05) is 6.92 Å². The number of aliphatic hydroxyl groups is 2. The quantitative estimate of drug-likeness (QED) is 0.524. The van der Waals surface area contributed by atoms with Gasteiger partial charge in [-0.15, -0.1) is 0 Å². The average molecular weight is 478 g/mol. The maximum Gasteiger partial charge on any atom is 0.274 e. The van der Waals surface area contributed by atoms with E-state index >= 15 is 0 Å². The highest BCUT2D eigenvalue weighted by atomic mass is 19.3. The van der Waals surface area contributed by atoms with Crippen LogP contribution in [0.5, 0.6) is 0 Å². The van der Waals surface area contributed by atoms with Crippen molar-refractivity contribution >= 4 is 17.4 Å². The first-order valence-electron chi connectivity index (χ1n) is 11.7. The number of hydrogen-bond acceptors (Lipinski definition) is 7. The van der Waals surface area contributed by atoms with E-state index in [0.29, 0.717) is 37.3 Å². The van der Waals surface area contributed by atoms with Crippen molar-refractivity contribution in [1.29, 1.82) is 0 Å². The van der Waals surface area contributed by atoms with Gasteiger partial charge >= 0.3 is 0 Å². The predicted molar refractivity (Wildman–Crippen MR) is 126 cm³/mol. The SMILES string of the molecule is CCC(F)(F)c1cnc(N2CCC(O)CC2)c(NC(=O)c2ccncc2)c1.OC1CCNCC1. The number of nitrogens with zero attached hydrogens (tertiary/aromatic N) is 3. The van der Waals surface area contributed by atoms with Gasteiger partial charge in [-0.25, -0.2) is 13.8 Å². The van der Waals surface area contributed by atoms with Crippen molar-refractivity contribution in [2.24, 2.45) is 0 Å². The Hall–Kier alpha value is -2.69. The number of halogens is 2. The van der Waals surface area contributed by atoms with Gasteiger partial charge in [0.2, 0.25) is 0 Å². The van der Waals surface area contributed by atoms with Crippen LogP contribution in [0.15, 0.2) is 36.8 Å². The molecule has 4 rings (SSSR count). The molecule has 0 atom stereocenters. The molecule has 1 amide bonds. The lowest BCUT2D eigenvalue weighted by Crippen LogP contribution is -2.37. The number of alkyl halides is 2. The summed E-state index contributed by atoms with van der Waals surface area (Å²) in [5.41, 5.74) is 0.368. The van der Waals surface area contributed by atoms with Crippen molar-refractivity contribution in [2.75, 3.05) is 36.4 Å². The number of pyridine rings is 2. The number of anilines is 2. The van der Waals surface area contributed by atoms with Gasteiger partial charge in [0.1, 0.15) is 0 Å². The summed E-state index contributed by atoms with van der Waals surface area (Å²) in [6.45, 7) is 4.45. The molecule has 4 heterocycles. The number of nitrogens with one attached hydrogen (secondary N) is 2. The van der Waals surface area contributed by atoms with Gasteiger partial charge in [-0.05, 0) is 57.0 Å². The molecule has 2 aromatic rings. The van der Waals surface area contributed by atoms with Gasteiger partial charge in [-0.2, -0.15) is 0 Å². The summed E-state index contributed by atoms with van der Waals surface area (Å²) in [6.07, 6.45) is 6.36. The fraction of sp³-hybridized carbons (Fsp3) is 0.542. The minimum absolute atomic E-state index is 0.0266. The zero-order valence-corrected chi connectivity index (χ0v) is 19.4. The Morgan fingerprint density at radius 1 is 1.15 bits per heavy atom. The second-order valence-electron chi connectivity index (χ2n) is 8.54. The largest absolute Gasteiger partial charge is 0.393 e. The highest BCUT2D eigenvalue weighted by Gasteiger charge is 2.31. The molecular weight excluding hydrogens is 444 g/mol. The first-order chi connectivity index (χ1) is 16.3. The van der Waals surface area contributed by atoms with Gasteiger partial charge in [0, 0.05) is 49.2 Å². The maximum absolute atomic E-state index is 14.1. The molecule has 186 valence electrons. The summed E-state index contributed by atoms with van der Waals surface area (Å²) in [5.74, 6) is -3.02. The third-order valence-corrected chi connectivity index (χ3v) is 6.00. The van der Waals surface area contributed by atoms with Crippen molar-refractivity contribution in [1.82, 2.24) is 15.3 Å². The Kier molecular flexibility index (Phi) is 9.26. The highest BCUT2D eigenvalue weighted by Crippen LogP contribution is 2.36. The second-order valence-corrected chi connectivity index (χ2v) is 8.54. The summed E-state index contributed by atoms with van der Waals surface area (Å²) in [6, 6.07) is 4.38. The van der Waals surface area contributed by atoms with E-state index < -0.39 is 11.8 Å². The van der Waals surface area contributed by atoms with Crippen molar-refractivity contribution in [3.05, 3.63) is 47.9 Å². The first kappa shape index (κ1) is 25.9. The van der Waals surface area contributed by atoms with Crippen LogP contribution in [0.2, 0.25) is 0 Å². The van der Waals surface area contributed by atoms with Crippen LogP contribution >= 0.6 is 0 Å². The lowest BCUT2D eigenvalue weighted by atomic mass is 10.1. The van der Waals surface area contributed by atoms with E-state index in [2.05, 4.69) is 20.6 Å². The van der Waals surface area contributed by atoms with Crippen LogP contribution in [0, 0.1) is 0 Å². The number of aromatic nitrogens is 2. The number of carbonyl (C=O) groups is 1. The van der Waals surface area contributed by atoms with E-state index in [1.807, 2.05) is 4.90 Å². The van der Waals surface area contributed by atoms with Gasteiger partial charge < -0.3 is 25.7 Å². The molecule has 8 nitrogen and oxygen atoms in total. The Labute approximate surface area is 198 Å². The number of rotatable bonds is 5. The molecule has 4 N–H and O–H groups in total. The van der Waals surface area contributed by atoms with Gasteiger partial charge in [0.05, 0.1) is 17.9 Å². The molecule has 0 aliphatic carbocycles. The van der Waals surface area contributed by atoms with E-state index in [9.17, 15) is 18.7 Å². The molecule has 2 fully saturated rings. The molecule has 2 saturated heterocycles. The zero-order chi connectivity index (χ0) is 24.6. The van der Waals surface area contributed by atoms with Gasteiger partial charge in [0.15, 0.2) is 5.82 Å². The monoisotopic (exact) mass is 477 g/mol. The van der Waals surface area contributed by atoms with E-state index in [1.54, 1.807) is 12.1 Å². The van der Waals surface area contributed by atoms with Crippen LogP contribution < -0.4 is 15.5 Å². The standard InChI is InChI=1S/C19H22F2N4O2.C5H11NO/c1-2-19(20,21)14-11-16(24-18(27)13-3-7-22-8-4-13)17(23-12-14)25-9-5-15(26)6-10-25;7-5-1-3-6-4-2-5/h3-4,7-8,11-12,15,26H,2,5-6,9-10H2,1H3,(H,24,27);5-7H,1-4H2. The van der Waals surface area contributed by atoms with E-state index in [1.165, 1.54) is 25.4 Å². The van der Waals surface area contributed by atoms with E-state index in [4.69, 9.17) is 5.11 Å². The van der Waals surface area contributed by atoms with Crippen molar-refractivity contribution < 1.29 is 23.8 Å². The molecule has 0 saturated carbocycles. The molecule has 2 aliphatic rings. The molecule has 0 aromatic carbocycles. The lowest BCUT2D eigenvalue weighted by molar-refractivity contribution is -0.00856. The fourth-order valence-electron chi connectivity index (χ4n) is 3.79. The van der Waals surface area contributed by atoms with E-state index in [0.717, 1.165) is 32.1 Å². The van der Waals surface area contributed by atoms with Crippen molar-refractivity contribution in [3.8, 4) is 0 Å². The highest BCUT2D eigenvalue weighted by molar-refractivity contribution is 6.05. The van der Waals surface area contributed by atoms with Crippen LogP contribution in [0.3, 0.4) is 0 Å². The summed E-state index contributed by atoms with van der Waals surface area (Å²) in [4.78, 5) is 22.5. The topological polar surface area (TPSA) is 111 Å². The summed E-state index contributed by atoms with van der Waals surface area (Å²) in [5, 5.41) is 24.4. The number of hydrogen-bond donors (Lipinski definition) is 4.